The van der Waals surface area contributed by atoms with Gasteiger partial charge in [-0.15, -0.1) is 0 Å². The van der Waals surface area contributed by atoms with Gasteiger partial charge in [0, 0.05) is 27.7 Å². The Morgan fingerprint density at radius 2 is 0.812 bits per heavy atom. The van der Waals surface area contributed by atoms with Crippen LogP contribution in [0, 0.1) is 0 Å². The summed E-state index contributed by atoms with van der Waals surface area (Å²) in [4.78, 5) is 52.5. The number of amides is 2. The van der Waals surface area contributed by atoms with Crippen molar-refractivity contribution in [1.29, 1.82) is 0 Å². The van der Waals surface area contributed by atoms with Crippen molar-refractivity contribution in [2.24, 2.45) is 0 Å². The van der Waals surface area contributed by atoms with E-state index < -0.39 is 116 Å². The van der Waals surface area contributed by atoms with Gasteiger partial charge in [-0.25, -0.2) is 0 Å². The van der Waals surface area contributed by atoms with Gasteiger partial charge >= 0.3 is 11.9 Å². The minimum absolute atomic E-state index is 0.0736. The summed E-state index contributed by atoms with van der Waals surface area (Å²) in [6.45, 7) is 6.94. The van der Waals surface area contributed by atoms with Crippen LogP contribution in [0.4, 0.5) is 0 Å². The molecule has 3 saturated heterocycles. The smallest absolute Gasteiger partial charge is 0.303 e. The lowest BCUT2D eigenvalue weighted by Gasteiger charge is -2.51. The van der Waals surface area contributed by atoms with Gasteiger partial charge in [-0.1, -0.05) is 152 Å². The molecule has 0 unspecified atom stereocenters. The Balaban J connectivity index is 1.21. The molecule has 19 nitrogen and oxygen atoms in total. The first kappa shape index (κ1) is 59.7. The number of carbonyl (C=O) groups is 4. The van der Waals surface area contributed by atoms with Crippen LogP contribution in [-0.4, -0.2) is 134 Å². The molecule has 0 spiro atoms. The lowest BCUT2D eigenvalue weighted by atomic mass is 9.93. The van der Waals surface area contributed by atoms with Gasteiger partial charge in [-0.2, -0.15) is 0 Å². The average Bonchev–Trinajstić information content (AvgIpc) is 3.45. The molecule has 19 heteroatoms. The predicted molar refractivity (Wildman–Crippen MR) is 287 cm³/mol. The van der Waals surface area contributed by atoms with Crippen LogP contribution in [0.3, 0.4) is 0 Å². The standard InChI is InChI=1S/C61H72N2O17/c1-38-52(71-33-45-25-15-8-16-26-45)57(72-34-46-27-17-9-18-28-46)58(73-35-47-29-19-10-20-30-47)61(74-38)80-55-50(62-39(2)64)59(68)77-48(36-69-31-43-21-11-6-12-22-43)54(55)79-60-51(63-40(3)65)56(76-42(5)67)53(75-41(4)66)49(78-60)37-70-32-44-23-13-7-14-24-44/h6-30,38,48-61,68H,31-37H2,1-5H3,(H,62,64)(H,63,65)/t38-,48+,49+,50+,51+,52+,53-,54+,55+,56+,57+,58-,59+,60-,61-/m0/s1. The zero-order valence-corrected chi connectivity index (χ0v) is 45.5. The third kappa shape index (κ3) is 17.0. The molecule has 3 fully saturated rings. The van der Waals surface area contributed by atoms with Crippen molar-refractivity contribution < 1.29 is 81.1 Å². The Morgan fingerprint density at radius 1 is 0.425 bits per heavy atom. The Bertz CT molecular complexity index is 2680. The number of aliphatic hydroxyl groups is 1. The van der Waals surface area contributed by atoms with Crippen LogP contribution < -0.4 is 10.6 Å². The molecule has 5 aromatic carbocycles. The fraction of sp³-hybridized carbons (Fsp3) is 0.443. The second kappa shape index (κ2) is 29.8. The molecule has 0 radical (unpaired) electrons. The number of ether oxygens (including phenoxy) is 12. The normalized spacial score (nSPS) is 28.5. The van der Waals surface area contributed by atoms with Gasteiger partial charge in [0.25, 0.3) is 0 Å². The van der Waals surface area contributed by atoms with Gasteiger partial charge in [0.15, 0.2) is 31.1 Å². The van der Waals surface area contributed by atoms with Crippen LogP contribution in [0.2, 0.25) is 0 Å². The highest BCUT2D eigenvalue weighted by molar-refractivity contribution is 5.74. The van der Waals surface area contributed by atoms with Crippen molar-refractivity contribution in [1.82, 2.24) is 10.6 Å². The number of esters is 2. The topological polar surface area (TPSA) is 223 Å². The summed E-state index contributed by atoms with van der Waals surface area (Å²) >= 11 is 0. The summed E-state index contributed by atoms with van der Waals surface area (Å²) in [6.07, 6.45) is -16.1. The quantitative estimate of drug-likeness (QED) is 0.0570. The van der Waals surface area contributed by atoms with Crippen molar-refractivity contribution in [3.8, 4) is 0 Å². The number of hydrogen-bond donors (Lipinski definition) is 3. The summed E-state index contributed by atoms with van der Waals surface area (Å²) in [5, 5.41) is 17.7. The molecular formula is C61H72N2O17. The lowest BCUT2D eigenvalue weighted by Crippen LogP contribution is -2.71. The number of aliphatic hydroxyl groups excluding tert-OH is 1. The molecule has 3 N–H and O–H groups in total. The second-order valence-corrected chi connectivity index (χ2v) is 19.9. The Hall–Kier alpha value is -6.46. The number of nitrogens with one attached hydrogen (secondary N) is 2. The van der Waals surface area contributed by atoms with Gasteiger partial charge in [0.1, 0.15) is 54.8 Å². The van der Waals surface area contributed by atoms with E-state index in [1.807, 2.05) is 159 Å². The van der Waals surface area contributed by atoms with Crippen molar-refractivity contribution in [2.75, 3.05) is 13.2 Å². The molecule has 0 aliphatic carbocycles. The first-order valence-electron chi connectivity index (χ1n) is 26.8. The maximum absolute atomic E-state index is 13.3. The van der Waals surface area contributed by atoms with Crippen LogP contribution in [-0.2, 0) is 109 Å². The molecule has 0 saturated carbocycles. The van der Waals surface area contributed by atoms with Crippen LogP contribution in [0.5, 0.6) is 0 Å². The molecule has 3 heterocycles. The van der Waals surface area contributed by atoms with E-state index in [0.717, 1.165) is 27.8 Å². The first-order valence-corrected chi connectivity index (χ1v) is 26.8. The molecular weight excluding hydrogens is 1030 g/mol. The first-order chi connectivity index (χ1) is 38.8. The zero-order chi connectivity index (χ0) is 56.4. The summed E-state index contributed by atoms with van der Waals surface area (Å²) in [5.41, 5.74) is 4.29. The molecule has 15 atom stereocenters. The number of rotatable bonds is 25. The van der Waals surface area contributed by atoms with Gasteiger partial charge in [-0.3, -0.25) is 19.2 Å². The van der Waals surface area contributed by atoms with Crippen molar-refractivity contribution in [2.45, 2.75) is 160 Å². The Morgan fingerprint density at radius 3 is 1.26 bits per heavy atom. The van der Waals surface area contributed by atoms with Gasteiger partial charge in [0.05, 0.1) is 52.4 Å². The average molecular weight is 1110 g/mol. The van der Waals surface area contributed by atoms with Gasteiger partial charge in [0.2, 0.25) is 11.8 Å². The highest BCUT2D eigenvalue weighted by Gasteiger charge is 2.57. The monoisotopic (exact) mass is 1100 g/mol. The highest BCUT2D eigenvalue weighted by Crippen LogP contribution is 2.37. The maximum Gasteiger partial charge on any atom is 0.303 e. The zero-order valence-electron chi connectivity index (χ0n) is 45.5. The van der Waals surface area contributed by atoms with E-state index in [4.69, 9.17) is 56.8 Å². The second-order valence-electron chi connectivity index (χ2n) is 19.9. The van der Waals surface area contributed by atoms with Crippen LogP contribution in [0.25, 0.3) is 0 Å². The molecule has 0 aromatic heterocycles. The van der Waals surface area contributed by atoms with E-state index >= 15 is 0 Å². The van der Waals surface area contributed by atoms with Crippen molar-refractivity contribution in [3.63, 3.8) is 0 Å². The fourth-order valence-electron chi connectivity index (χ4n) is 10.00. The van der Waals surface area contributed by atoms with E-state index in [9.17, 15) is 24.3 Å². The number of benzene rings is 5. The van der Waals surface area contributed by atoms with Crippen LogP contribution >= 0.6 is 0 Å². The third-order valence-electron chi connectivity index (χ3n) is 13.6. The largest absolute Gasteiger partial charge is 0.456 e. The third-order valence-corrected chi connectivity index (χ3v) is 13.6. The van der Waals surface area contributed by atoms with Crippen molar-refractivity contribution >= 4 is 23.8 Å². The number of hydrogen-bond acceptors (Lipinski definition) is 17. The highest BCUT2D eigenvalue weighted by atomic mass is 16.8. The molecule has 3 aliphatic heterocycles. The minimum atomic E-state index is -1.74. The summed E-state index contributed by atoms with van der Waals surface area (Å²) in [7, 11) is 0. The predicted octanol–water partition coefficient (Wildman–Crippen LogP) is 6.01. The van der Waals surface area contributed by atoms with Crippen LogP contribution in [0.15, 0.2) is 152 Å². The summed E-state index contributed by atoms with van der Waals surface area (Å²) in [6, 6.07) is 44.8. The molecule has 80 heavy (non-hydrogen) atoms. The fourth-order valence-corrected chi connectivity index (χ4v) is 10.00. The van der Waals surface area contributed by atoms with Crippen molar-refractivity contribution in [3.05, 3.63) is 179 Å². The Labute approximate surface area is 466 Å². The summed E-state index contributed by atoms with van der Waals surface area (Å²) < 4.78 is 79.0. The van der Waals surface area contributed by atoms with E-state index in [2.05, 4.69) is 10.6 Å². The van der Waals surface area contributed by atoms with Gasteiger partial charge < -0.3 is 72.6 Å². The van der Waals surface area contributed by atoms with E-state index in [0.29, 0.717) is 0 Å². The minimum Gasteiger partial charge on any atom is -0.456 e. The van der Waals surface area contributed by atoms with Gasteiger partial charge in [-0.05, 0) is 34.7 Å². The molecule has 0 bridgehead atoms. The van der Waals surface area contributed by atoms with E-state index in [1.54, 1.807) is 0 Å². The molecule has 3 aliphatic rings. The number of carbonyl (C=O) groups excluding carboxylic acids is 4. The van der Waals surface area contributed by atoms with Crippen LogP contribution in [0.1, 0.15) is 62.4 Å². The van der Waals surface area contributed by atoms with E-state index in [1.165, 1.54) is 27.7 Å². The molecule has 2 amide bonds. The molecule has 8 rings (SSSR count). The molecule has 428 valence electrons. The van der Waals surface area contributed by atoms with E-state index in [-0.39, 0.29) is 46.2 Å². The summed E-state index contributed by atoms with van der Waals surface area (Å²) in [5.74, 6) is -2.64. The lowest BCUT2D eigenvalue weighted by molar-refractivity contribution is -0.371. The molecule has 5 aromatic rings. The SMILES string of the molecule is CC(=O)N[C@@H]1[C@@H](O[C@@H]2O[C@@H](C)[C@@H](OCc3ccccc3)[C@@H](OCc3ccccc3)[C@@H]2OCc2ccccc2)[C@H](O[C@@H]2O[C@H](COCc3ccccc3)[C@H](OC(C)=O)[C@H](OC(C)=O)[C@H]2NC(C)=O)[C@@H](COCc2ccccc2)O[C@H]1O. The Kier molecular flexibility index (Phi) is 22.3. The maximum atomic E-state index is 13.3.